The largest absolute Gasteiger partial charge is 0.511 e. The molecule has 203 valence electrons. The number of pyridine rings is 1. The zero-order chi connectivity index (χ0) is 26.2. The van der Waals surface area contributed by atoms with Crippen molar-refractivity contribution in [2.24, 2.45) is 16.7 Å². The zero-order valence-corrected chi connectivity index (χ0v) is 25.5. The van der Waals surface area contributed by atoms with Gasteiger partial charge in [0.15, 0.2) is 5.78 Å². The van der Waals surface area contributed by atoms with Crippen LogP contribution < -0.4 is 0 Å². The number of aromatic nitrogens is 1. The van der Waals surface area contributed by atoms with Gasteiger partial charge in [-0.2, -0.15) is 0 Å². The van der Waals surface area contributed by atoms with Crippen LogP contribution in [0.2, 0.25) is 0 Å². The number of nitrogens with zero attached hydrogens (tertiary/aromatic N) is 1. The average molecular weight is 687 g/mol. The van der Waals surface area contributed by atoms with Crippen LogP contribution in [0.4, 0.5) is 0 Å². The number of benzene rings is 2. The molecule has 1 heterocycles. The molecule has 2 fully saturated rings. The third-order valence-electron chi connectivity index (χ3n) is 8.98. The fourth-order valence-electron chi connectivity index (χ4n) is 6.44. The van der Waals surface area contributed by atoms with Gasteiger partial charge in [0.05, 0.1) is 0 Å². The van der Waals surface area contributed by atoms with E-state index in [1.54, 1.807) is 0 Å². The van der Waals surface area contributed by atoms with E-state index in [4.69, 9.17) is 0 Å². The maximum absolute atomic E-state index is 12.4. The molecule has 1 N–H and O–H groups in total. The predicted molar refractivity (Wildman–Crippen MR) is 151 cm³/mol. The van der Waals surface area contributed by atoms with Crippen molar-refractivity contribution < 1.29 is 30.0 Å². The van der Waals surface area contributed by atoms with E-state index >= 15 is 0 Å². The number of rotatable bonds is 2. The molecule has 2 aromatic carbocycles. The molecule has 0 aliphatic heterocycles. The van der Waals surface area contributed by atoms with E-state index in [-0.39, 0.29) is 36.7 Å². The summed E-state index contributed by atoms with van der Waals surface area (Å²) in [7, 11) is 0. The van der Waals surface area contributed by atoms with Gasteiger partial charge in [-0.25, -0.2) is 0 Å². The summed E-state index contributed by atoms with van der Waals surface area (Å²) in [5.74, 6) is 1.58. The molecule has 3 aliphatic carbocycles. The summed E-state index contributed by atoms with van der Waals surface area (Å²) in [5.41, 5.74) is 3.80. The maximum atomic E-state index is 12.4. The fraction of sp³-hybridized carbons (Fsp3) is 0.471. The van der Waals surface area contributed by atoms with Crippen LogP contribution in [0.5, 0.6) is 0 Å². The molecule has 2 saturated carbocycles. The molecule has 0 amide bonds. The number of carbonyl (C=O) groups is 1. The minimum absolute atomic E-state index is 0. The van der Waals surface area contributed by atoms with Gasteiger partial charge in [0, 0.05) is 48.1 Å². The standard InChI is InChI=1S/C20H18N.C14H22O2.Ir/c1-2-9-16(10-3-1)20-13-17-11-6-12-18(19(17)14-21-20)15-7-4-5-8-15;1-13(2)7-5-9-6-8-14(3,4)12(16)10(9)11(13)15;/h1-3,6,9,11-15H,4-5,7-8H2;9,15H,5-8H2,1-4H3;/q-1;;. The molecule has 1 aromatic heterocycles. The van der Waals surface area contributed by atoms with E-state index in [1.807, 2.05) is 45.9 Å². The Kier molecular flexibility index (Phi) is 8.65. The molecule has 0 bridgehead atoms. The number of carbonyl (C=O) groups excluding carboxylic acids is 1. The summed E-state index contributed by atoms with van der Waals surface area (Å²) < 4.78 is 0. The number of fused-ring (bicyclic) bond motifs is 2. The minimum atomic E-state index is -0.284. The zero-order valence-electron chi connectivity index (χ0n) is 23.1. The van der Waals surface area contributed by atoms with Gasteiger partial charge in [0.1, 0.15) is 5.76 Å². The van der Waals surface area contributed by atoms with Gasteiger partial charge in [-0.3, -0.25) is 4.79 Å². The summed E-state index contributed by atoms with van der Waals surface area (Å²) in [6.45, 7) is 8.04. The van der Waals surface area contributed by atoms with E-state index in [0.717, 1.165) is 48.4 Å². The van der Waals surface area contributed by atoms with Crippen LogP contribution in [0.1, 0.15) is 90.5 Å². The molecular weight excluding hydrogens is 647 g/mol. The number of hydrogen-bond acceptors (Lipinski definition) is 3. The first-order valence-corrected chi connectivity index (χ1v) is 14.0. The predicted octanol–water partition coefficient (Wildman–Crippen LogP) is 8.98. The maximum Gasteiger partial charge on any atom is 0.168 e. The van der Waals surface area contributed by atoms with Crippen LogP contribution in [-0.4, -0.2) is 15.9 Å². The molecule has 4 heteroatoms. The molecule has 38 heavy (non-hydrogen) atoms. The van der Waals surface area contributed by atoms with Crippen molar-refractivity contribution in [3.05, 3.63) is 77.7 Å². The van der Waals surface area contributed by atoms with Crippen LogP contribution >= 0.6 is 0 Å². The average Bonchev–Trinajstić information content (AvgIpc) is 3.44. The van der Waals surface area contributed by atoms with Crippen molar-refractivity contribution >= 4 is 16.6 Å². The van der Waals surface area contributed by atoms with Crippen LogP contribution in [-0.2, 0) is 24.9 Å². The third-order valence-corrected chi connectivity index (χ3v) is 8.98. The molecule has 3 aliphatic rings. The Morgan fingerprint density at radius 3 is 2.29 bits per heavy atom. The van der Waals surface area contributed by atoms with Crippen molar-refractivity contribution in [1.82, 2.24) is 4.98 Å². The van der Waals surface area contributed by atoms with Crippen LogP contribution in [0, 0.1) is 22.8 Å². The molecule has 0 saturated heterocycles. The minimum Gasteiger partial charge on any atom is -0.511 e. The van der Waals surface area contributed by atoms with E-state index < -0.39 is 0 Å². The quantitative estimate of drug-likeness (QED) is 0.274. The van der Waals surface area contributed by atoms with E-state index in [1.165, 1.54) is 42.0 Å². The normalized spacial score (nSPS) is 22.3. The van der Waals surface area contributed by atoms with Gasteiger partial charge < -0.3 is 10.1 Å². The summed E-state index contributed by atoms with van der Waals surface area (Å²) in [6, 6.07) is 20.2. The van der Waals surface area contributed by atoms with Crippen LogP contribution in [0.15, 0.2) is 66.1 Å². The number of ketones is 1. The van der Waals surface area contributed by atoms with Gasteiger partial charge in [-0.05, 0) is 67.0 Å². The van der Waals surface area contributed by atoms with Gasteiger partial charge in [-0.15, -0.1) is 35.9 Å². The second-order valence-electron chi connectivity index (χ2n) is 12.5. The van der Waals surface area contributed by atoms with Crippen molar-refractivity contribution in [3.63, 3.8) is 0 Å². The topological polar surface area (TPSA) is 50.2 Å². The van der Waals surface area contributed by atoms with E-state index in [0.29, 0.717) is 11.7 Å². The van der Waals surface area contributed by atoms with Crippen molar-refractivity contribution in [2.45, 2.75) is 85.0 Å². The smallest absolute Gasteiger partial charge is 0.168 e. The van der Waals surface area contributed by atoms with Crippen molar-refractivity contribution in [2.75, 3.05) is 0 Å². The molecule has 1 unspecified atom stereocenters. The summed E-state index contributed by atoms with van der Waals surface area (Å²) in [4.78, 5) is 17.0. The number of allylic oxidation sites excluding steroid dienone is 2. The Morgan fingerprint density at radius 2 is 1.61 bits per heavy atom. The molecule has 3 nitrogen and oxygen atoms in total. The first kappa shape index (κ1) is 28.7. The van der Waals surface area contributed by atoms with Gasteiger partial charge in [0.2, 0.25) is 0 Å². The Morgan fingerprint density at radius 1 is 0.895 bits per heavy atom. The number of hydrogen-bond donors (Lipinski definition) is 1. The molecule has 1 radical (unpaired) electrons. The molecular formula is C34H40IrNO2-. The summed E-state index contributed by atoms with van der Waals surface area (Å²) >= 11 is 0. The molecule has 0 spiro atoms. The van der Waals surface area contributed by atoms with Crippen LogP contribution in [0.3, 0.4) is 0 Å². The van der Waals surface area contributed by atoms with Crippen molar-refractivity contribution in [1.29, 1.82) is 0 Å². The number of aliphatic hydroxyl groups excluding tert-OH is 1. The summed E-state index contributed by atoms with van der Waals surface area (Å²) in [6.07, 6.45) is 11.5. The Labute approximate surface area is 241 Å². The molecule has 1 atom stereocenters. The monoisotopic (exact) mass is 687 g/mol. The van der Waals surface area contributed by atoms with Gasteiger partial charge in [0.25, 0.3) is 0 Å². The summed E-state index contributed by atoms with van der Waals surface area (Å²) in [5, 5.41) is 12.9. The number of Topliss-reactive ketones (excluding diaryl/α,β-unsaturated/α-hetero) is 1. The van der Waals surface area contributed by atoms with E-state index in [9.17, 15) is 9.90 Å². The Balaban J connectivity index is 0.000000179. The van der Waals surface area contributed by atoms with Gasteiger partial charge >= 0.3 is 0 Å². The van der Waals surface area contributed by atoms with Crippen LogP contribution in [0.25, 0.3) is 22.0 Å². The first-order valence-electron chi connectivity index (χ1n) is 14.0. The second kappa shape index (κ2) is 11.4. The molecule has 3 aromatic rings. The first-order chi connectivity index (χ1) is 17.7. The Bertz CT molecular complexity index is 1320. The van der Waals surface area contributed by atoms with Crippen molar-refractivity contribution in [3.8, 4) is 11.3 Å². The second-order valence-corrected chi connectivity index (χ2v) is 12.5. The third kappa shape index (κ3) is 5.68. The van der Waals surface area contributed by atoms with E-state index in [2.05, 4.69) is 47.6 Å². The SMILES string of the molecule is CC1(C)CCC2CCC(C)(C)C(O)=C2C1=O.[Ir].[c-]1ccccc1-c1cc2cccc(C3CCCC3)c2cn1. The fourth-order valence-corrected chi connectivity index (χ4v) is 6.44. The van der Waals surface area contributed by atoms with Gasteiger partial charge in [-0.1, -0.05) is 64.8 Å². The number of aliphatic hydroxyl groups is 1. The Hall–Kier alpha value is -2.29. The molecule has 6 rings (SSSR count).